The van der Waals surface area contributed by atoms with E-state index >= 15 is 0 Å². The molecule has 2 aromatic heterocycles. The van der Waals surface area contributed by atoms with Gasteiger partial charge < -0.3 is 10.1 Å². The van der Waals surface area contributed by atoms with E-state index < -0.39 is 0 Å². The van der Waals surface area contributed by atoms with Crippen LogP contribution in [0.15, 0.2) is 18.3 Å². The van der Waals surface area contributed by atoms with E-state index in [2.05, 4.69) is 39.6 Å². The van der Waals surface area contributed by atoms with Crippen molar-refractivity contribution >= 4 is 0 Å². The summed E-state index contributed by atoms with van der Waals surface area (Å²) < 4.78 is 5.52. The molecule has 0 saturated heterocycles. The fourth-order valence-corrected chi connectivity index (χ4v) is 1.44. The van der Waals surface area contributed by atoms with E-state index in [0.29, 0.717) is 24.2 Å². The molecule has 0 atom stereocenters. The van der Waals surface area contributed by atoms with Crippen molar-refractivity contribution in [1.82, 2.24) is 30.5 Å². The average Bonchev–Trinajstić information content (AvgIpc) is 2.81. The predicted octanol–water partition coefficient (Wildman–Crippen LogP) is 0.682. The van der Waals surface area contributed by atoms with Crippen molar-refractivity contribution in [3.05, 3.63) is 29.8 Å². The smallest absolute Gasteiger partial charge is 0.212 e. The van der Waals surface area contributed by atoms with Gasteiger partial charge in [0.1, 0.15) is 5.75 Å². The summed E-state index contributed by atoms with van der Waals surface area (Å²) in [6.45, 7) is 5.25. The van der Waals surface area contributed by atoms with E-state index in [1.54, 1.807) is 13.2 Å². The molecule has 0 aliphatic heterocycles. The van der Waals surface area contributed by atoms with Crippen molar-refractivity contribution < 1.29 is 4.74 Å². The van der Waals surface area contributed by atoms with E-state index in [4.69, 9.17) is 4.74 Å². The van der Waals surface area contributed by atoms with Crippen molar-refractivity contribution in [3.8, 4) is 5.75 Å². The van der Waals surface area contributed by atoms with Crippen molar-refractivity contribution in [1.29, 1.82) is 0 Å². The molecule has 7 nitrogen and oxygen atoms in total. The number of aryl methyl sites for hydroxylation is 1. The van der Waals surface area contributed by atoms with Crippen LogP contribution in [0.5, 0.6) is 5.75 Å². The molecule has 0 fully saturated rings. The number of pyridine rings is 1. The number of tetrazole rings is 1. The number of hydrogen-bond donors (Lipinski definition) is 1. The van der Waals surface area contributed by atoms with Crippen LogP contribution in [-0.2, 0) is 20.2 Å². The molecule has 0 aliphatic rings. The second kappa shape index (κ2) is 6.24. The zero-order valence-electron chi connectivity index (χ0n) is 11.4. The number of nitrogens with zero attached hydrogens (tertiary/aromatic N) is 5. The Morgan fingerprint density at radius 3 is 2.79 bits per heavy atom. The third-order valence-electron chi connectivity index (χ3n) is 2.41. The summed E-state index contributed by atoms with van der Waals surface area (Å²) in [5, 5.41) is 14.9. The minimum absolute atomic E-state index is 0.291. The second-order valence-corrected chi connectivity index (χ2v) is 4.50. The lowest BCUT2D eigenvalue weighted by Crippen LogP contribution is -2.22. The quantitative estimate of drug-likeness (QED) is 0.825. The van der Waals surface area contributed by atoms with Gasteiger partial charge in [-0.05, 0) is 17.3 Å². The highest BCUT2D eigenvalue weighted by atomic mass is 16.5. The van der Waals surface area contributed by atoms with Crippen LogP contribution in [0.25, 0.3) is 0 Å². The van der Waals surface area contributed by atoms with Crippen LogP contribution in [0, 0.1) is 0 Å². The molecule has 2 rings (SSSR count). The summed E-state index contributed by atoms with van der Waals surface area (Å²) in [5.41, 5.74) is 0.985. The van der Waals surface area contributed by atoms with Crippen molar-refractivity contribution in [2.75, 3.05) is 0 Å². The lowest BCUT2D eigenvalue weighted by Gasteiger charge is -2.08. The summed E-state index contributed by atoms with van der Waals surface area (Å²) >= 11 is 0. The van der Waals surface area contributed by atoms with E-state index in [0.717, 1.165) is 12.2 Å². The number of rotatable bonds is 6. The first-order valence-electron chi connectivity index (χ1n) is 6.17. The maximum atomic E-state index is 5.52. The molecule has 0 saturated carbocycles. The molecule has 102 valence electrons. The predicted molar refractivity (Wildman–Crippen MR) is 69.3 cm³/mol. The molecular formula is C12H18N6O. The number of ether oxygens (including phenoxy) is 1. The highest BCUT2D eigenvalue weighted by molar-refractivity contribution is 5.19. The van der Waals surface area contributed by atoms with Gasteiger partial charge in [-0.1, -0.05) is 13.8 Å². The topological polar surface area (TPSA) is 77.8 Å². The summed E-state index contributed by atoms with van der Waals surface area (Å²) in [6.07, 6.45) is 1.70. The molecule has 0 unspecified atom stereocenters. The summed E-state index contributed by atoms with van der Waals surface area (Å²) in [5.74, 6) is 1.24. The highest BCUT2D eigenvalue weighted by Gasteiger charge is 2.02. The molecule has 0 aliphatic carbocycles. The lowest BCUT2D eigenvalue weighted by atomic mass is 10.3. The Balaban J connectivity index is 1.84. The standard InChI is InChI=1S/C12H18N6O/c1-9(2)13-6-10-4-5-11(7-14-10)19-8-12-15-17-18(3)16-12/h4-5,7,9,13H,6,8H2,1-3H3. The van der Waals surface area contributed by atoms with Crippen LogP contribution in [0.2, 0.25) is 0 Å². The maximum absolute atomic E-state index is 5.52. The Labute approximate surface area is 112 Å². The fraction of sp³-hybridized carbons (Fsp3) is 0.500. The molecular weight excluding hydrogens is 244 g/mol. The molecule has 0 bridgehead atoms. The SMILES string of the molecule is CC(C)NCc1ccc(OCc2nnn(C)n2)cn1. The first-order valence-corrected chi connectivity index (χ1v) is 6.17. The van der Waals surface area contributed by atoms with Gasteiger partial charge in [-0.2, -0.15) is 4.80 Å². The van der Waals surface area contributed by atoms with Crippen molar-refractivity contribution in [2.24, 2.45) is 7.05 Å². The van der Waals surface area contributed by atoms with Crippen molar-refractivity contribution in [3.63, 3.8) is 0 Å². The number of nitrogens with one attached hydrogen (secondary N) is 1. The van der Waals surface area contributed by atoms with Gasteiger partial charge in [0.2, 0.25) is 5.82 Å². The van der Waals surface area contributed by atoms with Crippen LogP contribution in [-0.4, -0.2) is 31.2 Å². The Kier molecular flexibility index (Phi) is 4.40. The number of hydrogen-bond acceptors (Lipinski definition) is 6. The third kappa shape index (κ3) is 4.29. The fourth-order valence-electron chi connectivity index (χ4n) is 1.44. The van der Waals surface area contributed by atoms with E-state index in [1.807, 2.05) is 12.1 Å². The highest BCUT2D eigenvalue weighted by Crippen LogP contribution is 2.10. The van der Waals surface area contributed by atoms with Gasteiger partial charge in [-0.3, -0.25) is 4.98 Å². The molecule has 0 aromatic carbocycles. The Morgan fingerprint density at radius 1 is 1.37 bits per heavy atom. The van der Waals surface area contributed by atoms with Crippen molar-refractivity contribution in [2.45, 2.75) is 33.0 Å². The largest absolute Gasteiger partial charge is 0.484 e. The van der Waals surface area contributed by atoms with Gasteiger partial charge in [-0.15, -0.1) is 10.2 Å². The summed E-state index contributed by atoms with van der Waals surface area (Å²) in [6, 6.07) is 4.27. The Morgan fingerprint density at radius 2 is 2.21 bits per heavy atom. The molecule has 0 radical (unpaired) electrons. The Bertz CT molecular complexity index is 507. The number of aromatic nitrogens is 5. The van der Waals surface area contributed by atoms with Gasteiger partial charge in [0, 0.05) is 12.6 Å². The maximum Gasteiger partial charge on any atom is 0.212 e. The van der Waals surface area contributed by atoms with Gasteiger partial charge >= 0.3 is 0 Å². The third-order valence-corrected chi connectivity index (χ3v) is 2.41. The molecule has 7 heteroatoms. The zero-order chi connectivity index (χ0) is 13.7. The lowest BCUT2D eigenvalue weighted by molar-refractivity contribution is 0.294. The van der Waals surface area contributed by atoms with E-state index in [-0.39, 0.29) is 0 Å². The van der Waals surface area contributed by atoms with Gasteiger partial charge in [0.15, 0.2) is 6.61 Å². The van der Waals surface area contributed by atoms with Crippen LogP contribution in [0.3, 0.4) is 0 Å². The van der Waals surface area contributed by atoms with E-state index in [1.165, 1.54) is 4.80 Å². The first kappa shape index (κ1) is 13.4. The van der Waals surface area contributed by atoms with Crippen LogP contribution in [0.1, 0.15) is 25.4 Å². The summed E-state index contributed by atoms with van der Waals surface area (Å²) in [4.78, 5) is 5.72. The molecule has 0 amide bonds. The normalized spacial score (nSPS) is 10.9. The first-order chi connectivity index (χ1) is 9.13. The van der Waals surface area contributed by atoms with Gasteiger partial charge in [0.05, 0.1) is 18.9 Å². The van der Waals surface area contributed by atoms with Gasteiger partial charge in [0.25, 0.3) is 0 Å². The molecule has 1 N–H and O–H groups in total. The zero-order valence-corrected chi connectivity index (χ0v) is 11.4. The minimum atomic E-state index is 0.291. The second-order valence-electron chi connectivity index (χ2n) is 4.50. The van der Waals surface area contributed by atoms with Gasteiger partial charge in [-0.25, -0.2) is 0 Å². The van der Waals surface area contributed by atoms with Crippen LogP contribution < -0.4 is 10.1 Å². The molecule has 19 heavy (non-hydrogen) atoms. The van der Waals surface area contributed by atoms with E-state index in [9.17, 15) is 0 Å². The van der Waals surface area contributed by atoms with Crippen LogP contribution >= 0.6 is 0 Å². The average molecular weight is 262 g/mol. The Hall–Kier alpha value is -2.02. The molecule has 2 heterocycles. The molecule has 2 aromatic rings. The monoisotopic (exact) mass is 262 g/mol. The minimum Gasteiger partial charge on any atom is -0.484 e. The molecule has 0 spiro atoms. The van der Waals surface area contributed by atoms with Crippen LogP contribution in [0.4, 0.5) is 0 Å². The summed E-state index contributed by atoms with van der Waals surface area (Å²) in [7, 11) is 1.72.